The summed E-state index contributed by atoms with van der Waals surface area (Å²) < 4.78 is 0. The van der Waals surface area contributed by atoms with E-state index in [0.29, 0.717) is 12.0 Å². The molecular formula is C20H27N3. The van der Waals surface area contributed by atoms with Gasteiger partial charge in [0, 0.05) is 30.7 Å². The van der Waals surface area contributed by atoms with Crippen molar-refractivity contribution in [3.05, 3.63) is 29.8 Å². The molecule has 2 atom stereocenters. The molecule has 2 heterocycles. The van der Waals surface area contributed by atoms with E-state index in [1.165, 1.54) is 63.1 Å². The molecule has 2 aliphatic heterocycles. The Bertz CT molecular complexity index is 583. The van der Waals surface area contributed by atoms with Crippen molar-refractivity contribution in [1.82, 2.24) is 4.90 Å². The number of hydrogen-bond donors (Lipinski definition) is 0. The first-order valence-electron chi connectivity index (χ1n) is 9.30. The van der Waals surface area contributed by atoms with Crippen molar-refractivity contribution < 1.29 is 0 Å². The van der Waals surface area contributed by atoms with Gasteiger partial charge in [0.1, 0.15) is 0 Å². The van der Waals surface area contributed by atoms with Crippen molar-refractivity contribution in [1.29, 1.82) is 5.26 Å². The summed E-state index contributed by atoms with van der Waals surface area (Å²) in [6, 6.07) is 12.1. The topological polar surface area (TPSA) is 30.3 Å². The number of hydrogen-bond acceptors (Lipinski definition) is 3. The van der Waals surface area contributed by atoms with E-state index in [9.17, 15) is 0 Å². The molecule has 1 aromatic carbocycles. The van der Waals surface area contributed by atoms with Crippen LogP contribution in [0.25, 0.3) is 0 Å². The van der Waals surface area contributed by atoms with E-state index in [4.69, 9.17) is 5.26 Å². The molecule has 0 bridgehead atoms. The highest BCUT2D eigenvalue weighted by Crippen LogP contribution is 2.33. The molecule has 0 spiro atoms. The van der Waals surface area contributed by atoms with E-state index in [0.717, 1.165) is 18.8 Å². The standard InChI is InChI=1S/C20H27N3/c21-14-17-5-6-19(13-17)22-10-7-16(8-11-22)15-23-12-9-18-3-1-2-4-20(18)23/h1-4,16-17,19H,5-13,15H2/t17-,19-/m1/s1. The highest BCUT2D eigenvalue weighted by atomic mass is 15.2. The Hall–Kier alpha value is -1.53. The molecule has 23 heavy (non-hydrogen) atoms. The van der Waals surface area contributed by atoms with Gasteiger partial charge < -0.3 is 9.80 Å². The molecule has 0 N–H and O–H groups in total. The summed E-state index contributed by atoms with van der Waals surface area (Å²) in [5.41, 5.74) is 3.00. The molecule has 1 aliphatic carbocycles. The Kier molecular flexibility index (Phi) is 4.27. The Labute approximate surface area is 139 Å². The average Bonchev–Trinajstić information content (AvgIpc) is 3.23. The fraction of sp³-hybridized carbons (Fsp3) is 0.650. The Morgan fingerprint density at radius 2 is 1.87 bits per heavy atom. The third kappa shape index (κ3) is 3.10. The normalized spacial score (nSPS) is 28.7. The predicted molar refractivity (Wildman–Crippen MR) is 93.4 cm³/mol. The molecular weight excluding hydrogens is 282 g/mol. The quantitative estimate of drug-likeness (QED) is 0.856. The first-order chi connectivity index (χ1) is 11.3. The number of fused-ring (bicyclic) bond motifs is 1. The van der Waals surface area contributed by atoms with Gasteiger partial charge in [0.2, 0.25) is 0 Å². The molecule has 0 amide bonds. The summed E-state index contributed by atoms with van der Waals surface area (Å²) >= 11 is 0. The van der Waals surface area contributed by atoms with E-state index in [1.807, 2.05) is 0 Å². The Balaban J connectivity index is 1.29. The molecule has 1 aromatic rings. The van der Waals surface area contributed by atoms with Crippen molar-refractivity contribution in [3.63, 3.8) is 0 Å². The lowest BCUT2D eigenvalue weighted by atomic mass is 9.94. The van der Waals surface area contributed by atoms with E-state index in [2.05, 4.69) is 40.1 Å². The zero-order valence-electron chi connectivity index (χ0n) is 14.0. The number of benzene rings is 1. The SMILES string of the molecule is N#C[C@@H]1CC[C@@H](N2CCC(CN3CCc4ccccc43)CC2)C1. The van der Waals surface area contributed by atoms with Gasteiger partial charge in [0.05, 0.1) is 6.07 Å². The molecule has 1 saturated heterocycles. The van der Waals surface area contributed by atoms with Crippen LogP contribution in [0.2, 0.25) is 0 Å². The van der Waals surface area contributed by atoms with Crippen LogP contribution in [0.5, 0.6) is 0 Å². The summed E-state index contributed by atoms with van der Waals surface area (Å²) in [5.74, 6) is 1.16. The summed E-state index contributed by atoms with van der Waals surface area (Å²) in [6.07, 6.45) is 7.33. The minimum atomic E-state index is 0.318. The molecule has 3 aliphatic rings. The van der Waals surface area contributed by atoms with Gasteiger partial charge >= 0.3 is 0 Å². The minimum absolute atomic E-state index is 0.318. The zero-order valence-corrected chi connectivity index (χ0v) is 14.0. The maximum Gasteiger partial charge on any atom is 0.0656 e. The summed E-state index contributed by atoms with van der Waals surface area (Å²) in [5, 5.41) is 9.09. The van der Waals surface area contributed by atoms with Crippen molar-refractivity contribution in [3.8, 4) is 6.07 Å². The number of nitriles is 1. The molecule has 0 aromatic heterocycles. The van der Waals surface area contributed by atoms with Crippen molar-refractivity contribution in [2.75, 3.05) is 31.1 Å². The first-order valence-corrected chi connectivity index (χ1v) is 9.30. The number of piperidine rings is 1. The van der Waals surface area contributed by atoms with Crippen molar-refractivity contribution in [2.45, 2.75) is 44.6 Å². The maximum absolute atomic E-state index is 9.09. The highest BCUT2D eigenvalue weighted by molar-refractivity contribution is 5.57. The lowest BCUT2D eigenvalue weighted by Crippen LogP contribution is -2.42. The van der Waals surface area contributed by atoms with Gasteiger partial charge in [-0.1, -0.05) is 18.2 Å². The van der Waals surface area contributed by atoms with Gasteiger partial charge in [-0.25, -0.2) is 0 Å². The largest absolute Gasteiger partial charge is 0.371 e. The smallest absolute Gasteiger partial charge is 0.0656 e. The van der Waals surface area contributed by atoms with E-state index in [1.54, 1.807) is 0 Å². The second kappa shape index (κ2) is 6.53. The number of rotatable bonds is 3. The highest BCUT2D eigenvalue weighted by Gasteiger charge is 2.32. The van der Waals surface area contributed by atoms with Crippen LogP contribution in [0.3, 0.4) is 0 Å². The molecule has 0 unspecified atom stereocenters. The maximum atomic E-state index is 9.09. The molecule has 0 radical (unpaired) electrons. The summed E-state index contributed by atoms with van der Waals surface area (Å²) in [4.78, 5) is 5.28. The van der Waals surface area contributed by atoms with Crippen LogP contribution in [-0.4, -0.2) is 37.1 Å². The van der Waals surface area contributed by atoms with Crippen LogP contribution in [0.15, 0.2) is 24.3 Å². The Morgan fingerprint density at radius 3 is 2.65 bits per heavy atom. The molecule has 4 rings (SSSR count). The predicted octanol–water partition coefficient (Wildman–Crippen LogP) is 3.45. The lowest BCUT2D eigenvalue weighted by Gasteiger charge is -2.37. The molecule has 2 fully saturated rings. The van der Waals surface area contributed by atoms with Crippen LogP contribution >= 0.6 is 0 Å². The van der Waals surface area contributed by atoms with Gasteiger partial charge in [-0.2, -0.15) is 5.26 Å². The van der Waals surface area contributed by atoms with E-state index < -0.39 is 0 Å². The van der Waals surface area contributed by atoms with Gasteiger partial charge in [-0.3, -0.25) is 0 Å². The molecule has 3 nitrogen and oxygen atoms in total. The monoisotopic (exact) mass is 309 g/mol. The van der Waals surface area contributed by atoms with Crippen LogP contribution in [0.4, 0.5) is 5.69 Å². The first kappa shape index (κ1) is 15.0. The zero-order chi connectivity index (χ0) is 15.6. The van der Waals surface area contributed by atoms with Crippen molar-refractivity contribution in [2.24, 2.45) is 11.8 Å². The Morgan fingerprint density at radius 1 is 1.04 bits per heavy atom. The van der Waals surface area contributed by atoms with Crippen molar-refractivity contribution >= 4 is 5.69 Å². The van der Waals surface area contributed by atoms with E-state index >= 15 is 0 Å². The lowest BCUT2D eigenvalue weighted by molar-refractivity contribution is 0.134. The third-order valence-corrected chi connectivity index (χ3v) is 6.21. The molecule has 122 valence electrons. The fourth-order valence-electron chi connectivity index (χ4n) is 4.82. The van der Waals surface area contributed by atoms with Gasteiger partial charge in [0.25, 0.3) is 0 Å². The molecule has 3 heteroatoms. The minimum Gasteiger partial charge on any atom is -0.371 e. The van der Waals surface area contributed by atoms with Gasteiger partial charge in [-0.05, 0) is 69.2 Å². The summed E-state index contributed by atoms with van der Waals surface area (Å²) in [6.45, 7) is 4.91. The third-order valence-electron chi connectivity index (χ3n) is 6.21. The van der Waals surface area contributed by atoms with Gasteiger partial charge in [-0.15, -0.1) is 0 Å². The van der Waals surface area contributed by atoms with Crippen LogP contribution in [-0.2, 0) is 6.42 Å². The second-order valence-corrected chi connectivity index (χ2v) is 7.60. The average molecular weight is 309 g/mol. The van der Waals surface area contributed by atoms with Crippen LogP contribution in [0, 0.1) is 23.2 Å². The summed E-state index contributed by atoms with van der Waals surface area (Å²) in [7, 11) is 0. The second-order valence-electron chi connectivity index (χ2n) is 7.60. The van der Waals surface area contributed by atoms with Crippen LogP contribution in [0.1, 0.15) is 37.7 Å². The number of likely N-dealkylation sites (tertiary alicyclic amines) is 1. The fourth-order valence-corrected chi connectivity index (χ4v) is 4.82. The number of anilines is 1. The van der Waals surface area contributed by atoms with Crippen LogP contribution < -0.4 is 4.90 Å². The number of para-hydroxylation sites is 1. The van der Waals surface area contributed by atoms with Gasteiger partial charge in [0.15, 0.2) is 0 Å². The van der Waals surface area contributed by atoms with E-state index in [-0.39, 0.29) is 0 Å². The molecule has 1 saturated carbocycles. The number of nitrogens with zero attached hydrogens (tertiary/aromatic N) is 3.